The van der Waals surface area contributed by atoms with E-state index in [2.05, 4.69) is 10.6 Å². The summed E-state index contributed by atoms with van der Waals surface area (Å²) >= 11 is 0. The fourth-order valence-corrected chi connectivity index (χ4v) is 1.89. The summed E-state index contributed by atoms with van der Waals surface area (Å²) in [7, 11) is 0. The second-order valence-electron chi connectivity index (χ2n) is 5.07. The van der Waals surface area contributed by atoms with Gasteiger partial charge in [-0.3, -0.25) is 9.59 Å². The summed E-state index contributed by atoms with van der Waals surface area (Å²) in [6.45, 7) is 1.95. The molecule has 0 aliphatic heterocycles. The maximum Gasteiger partial charge on any atom is 0.312 e. The Labute approximate surface area is 134 Å². The van der Waals surface area contributed by atoms with Crippen molar-refractivity contribution in [2.45, 2.75) is 38.6 Å². The highest BCUT2D eigenvalue weighted by Gasteiger charge is 2.13. The SMILES string of the molecule is C[C@H](NC(=O)COC(=O)CCCCCNC(N)=O)c1ccco1. The number of nitrogens with one attached hydrogen (secondary N) is 2. The summed E-state index contributed by atoms with van der Waals surface area (Å²) in [5, 5.41) is 5.14. The average Bonchev–Trinajstić information content (AvgIpc) is 3.02. The Bertz CT molecular complexity index is 501. The lowest BCUT2D eigenvalue weighted by Crippen LogP contribution is -2.31. The normalized spacial score (nSPS) is 11.5. The number of carbonyl (C=O) groups excluding carboxylic acids is 3. The van der Waals surface area contributed by atoms with E-state index >= 15 is 0 Å². The van der Waals surface area contributed by atoms with Crippen LogP contribution < -0.4 is 16.4 Å². The highest BCUT2D eigenvalue weighted by atomic mass is 16.5. The topological polar surface area (TPSA) is 124 Å². The van der Waals surface area contributed by atoms with Crippen LogP contribution in [0, 0.1) is 0 Å². The van der Waals surface area contributed by atoms with E-state index < -0.39 is 12.0 Å². The summed E-state index contributed by atoms with van der Waals surface area (Å²) in [4.78, 5) is 33.6. The highest BCUT2D eigenvalue weighted by molar-refractivity contribution is 5.80. The van der Waals surface area contributed by atoms with Gasteiger partial charge in [0.1, 0.15) is 5.76 Å². The molecular weight excluding hydrogens is 302 g/mol. The first-order valence-corrected chi connectivity index (χ1v) is 7.50. The van der Waals surface area contributed by atoms with Crippen molar-refractivity contribution in [1.29, 1.82) is 0 Å². The quantitative estimate of drug-likeness (QED) is 0.441. The second-order valence-corrected chi connectivity index (χ2v) is 5.07. The lowest BCUT2D eigenvalue weighted by molar-refractivity contribution is -0.148. The molecule has 1 aromatic rings. The molecule has 0 fully saturated rings. The minimum atomic E-state index is -0.556. The molecule has 1 rings (SSSR count). The van der Waals surface area contributed by atoms with E-state index in [1.54, 1.807) is 19.1 Å². The summed E-state index contributed by atoms with van der Waals surface area (Å²) < 4.78 is 10.1. The lowest BCUT2D eigenvalue weighted by Gasteiger charge is -2.11. The van der Waals surface area contributed by atoms with Crippen LogP contribution >= 0.6 is 0 Å². The fourth-order valence-electron chi connectivity index (χ4n) is 1.89. The van der Waals surface area contributed by atoms with Gasteiger partial charge in [-0.15, -0.1) is 0 Å². The third-order valence-corrected chi connectivity index (χ3v) is 3.07. The molecule has 0 bridgehead atoms. The van der Waals surface area contributed by atoms with Gasteiger partial charge in [-0.2, -0.15) is 0 Å². The zero-order valence-corrected chi connectivity index (χ0v) is 13.2. The number of nitrogens with two attached hydrogens (primary N) is 1. The molecule has 0 unspecified atom stereocenters. The zero-order chi connectivity index (χ0) is 17.1. The Morgan fingerprint density at radius 2 is 2.09 bits per heavy atom. The third kappa shape index (κ3) is 8.50. The van der Waals surface area contributed by atoms with E-state index in [4.69, 9.17) is 14.9 Å². The minimum Gasteiger partial charge on any atom is -0.467 e. The van der Waals surface area contributed by atoms with E-state index in [-0.39, 0.29) is 25.0 Å². The number of ether oxygens (including phenoxy) is 1. The van der Waals surface area contributed by atoms with Crippen molar-refractivity contribution in [2.24, 2.45) is 5.73 Å². The van der Waals surface area contributed by atoms with Crippen molar-refractivity contribution in [1.82, 2.24) is 10.6 Å². The van der Waals surface area contributed by atoms with Gasteiger partial charge in [0, 0.05) is 13.0 Å². The van der Waals surface area contributed by atoms with Gasteiger partial charge >= 0.3 is 12.0 Å². The molecule has 1 heterocycles. The van der Waals surface area contributed by atoms with Gasteiger partial charge in [0.15, 0.2) is 6.61 Å². The fraction of sp³-hybridized carbons (Fsp3) is 0.533. The first-order chi connectivity index (χ1) is 11.0. The predicted molar refractivity (Wildman–Crippen MR) is 82.3 cm³/mol. The van der Waals surface area contributed by atoms with E-state index in [1.165, 1.54) is 6.26 Å². The largest absolute Gasteiger partial charge is 0.467 e. The van der Waals surface area contributed by atoms with Gasteiger partial charge in [0.25, 0.3) is 5.91 Å². The maximum atomic E-state index is 11.7. The first kappa shape index (κ1) is 18.5. The van der Waals surface area contributed by atoms with Gasteiger partial charge < -0.3 is 25.5 Å². The van der Waals surface area contributed by atoms with E-state index in [1.807, 2.05) is 0 Å². The average molecular weight is 325 g/mol. The molecule has 0 spiro atoms. The number of primary amides is 1. The number of esters is 1. The summed E-state index contributed by atoms with van der Waals surface area (Å²) in [5.41, 5.74) is 4.92. The van der Waals surface area contributed by atoms with Gasteiger partial charge in [-0.25, -0.2) is 4.79 Å². The standard InChI is InChI=1S/C15H23N3O5/c1-11(12-6-5-9-22-12)18-13(19)10-23-14(20)7-3-2-4-8-17-15(16)21/h5-6,9,11H,2-4,7-8,10H2,1H3,(H,18,19)(H3,16,17,21)/t11-/m0/s1. The number of amides is 3. The molecule has 0 saturated carbocycles. The van der Waals surface area contributed by atoms with Crippen molar-refractivity contribution in [3.05, 3.63) is 24.2 Å². The molecule has 0 aliphatic rings. The third-order valence-electron chi connectivity index (χ3n) is 3.07. The molecular formula is C15H23N3O5. The number of urea groups is 1. The number of hydrogen-bond acceptors (Lipinski definition) is 5. The Balaban J connectivity index is 2.06. The van der Waals surface area contributed by atoms with Crippen LogP contribution in [-0.2, 0) is 14.3 Å². The van der Waals surface area contributed by atoms with Gasteiger partial charge in [-0.1, -0.05) is 6.42 Å². The molecule has 3 amide bonds. The van der Waals surface area contributed by atoms with Crippen molar-refractivity contribution in [2.75, 3.05) is 13.2 Å². The van der Waals surface area contributed by atoms with Crippen molar-refractivity contribution in [3.63, 3.8) is 0 Å². The van der Waals surface area contributed by atoms with Crippen LogP contribution in [0.25, 0.3) is 0 Å². The van der Waals surface area contributed by atoms with E-state index in [9.17, 15) is 14.4 Å². The van der Waals surface area contributed by atoms with Crippen molar-refractivity contribution < 1.29 is 23.5 Å². The molecule has 128 valence electrons. The number of rotatable bonds is 10. The van der Waals surface area contributed by atoms with E-state index in [0.717, 1.165) is 12.8 Å². The van der Waals surface area contributed by atoms with Crippen LogP contribution in [0.15, 0.2) is 22.8 Å². The summed E-state index contributed by atoms with van der Waals surface area (Å²) in [5.74, 6) is -0.171. The van der Waals surface area contributed by atoms with E-state index in [0.29, 0.717) is 18.7 Å². The van der Waals surface area contributed by atoms with Crippen LogP contribution in [-0.4, -0.2) is 31.1 Å². The smallest absolute Gasteiger partial charge is 0.312 e. The molecule has 1 aromatic heterocycles. The van der Waals surface area contributed by atoms with Crippen LogP contribution in [0.5, 0.6) is 0 Å². The zero-order valence-electron chi connectivity index (χ0n) is 13.2. The molecule has 0 aliphatic carbocycles. The molecule has 8 heteroatoms. The minimum absolute atomic E-state index is 0.234. The van der Waals surface area contributed by atoms with Gasteiger partial charge in [0.05, 0.1) is 12.3 Å². The monoisotopic (exact) mass is 325 g/mol. The highest BCUT2D eigenvalue weighted by Crippen LogP contribution is 2.11. The Kier molecular flexibility index (Phi) is 8.27. The Hall–Kier alpha value is -2.51. The Morgan fingerprint density at radius 1 is 1.30 bits per heavy atom. The number of carbonyl (C=O) groups is 3. The van der Waals surface area contributed by atoms with Crippen LogP contribution in [0.1, 0.15) is 44.4 Å². The molecule has 1 atom stereocenters. The number of unbranched alkanes of at least 4 members (excludes halogenated alkanes) is 2. The molecule has 0 radical (unpaired) electrons. The van der Waals surface area contributed by atoms with Crippen LogP contribution in [0.2, 0.25) is 0 Å². The molecule has 4 N–H and O–H groups in total. The molecule has 0 saturated heterocycles. The lowest BCUT2D eigenvalue weighted by atomic mass is 10.2. The second kappa shape index (κ2) is 10.3. The molecule has 23 heavy (non-hydrogen) atoms. The number of furan rings is 1. The number of hydrogen-bond donors (Lipinski definition) is 3. The van der Waals surface area contributed by atoms with Crippen LogP contribution in [0.4, 0.5) is 4.79 Å². The van der Waals surface area contributed by atoms with Gasteiger partial charge in [-0.05, 0) is 31.9 Å². The summed E-state index contributed by atoms with van der Waals surface area (Å²) in [6.07, 6.45) is 3.88. The maximum absolute atomic E-state index is 11.7. The van der Waals surface area contributed by atoms with Crippen LogP contribution in [0.3, 0.4) is 0 Å². The van der Waals surface area contributed by atoms with Gasteiger partial charge in [0.2, 0.25) is 0 Å². The predicted octanol–water partition coefficient (Wildman–Crippen LogP) is 1.23. The van der Waals surface area contributed by atoms with Crippen molar-refractivity contribution in [3.8, 4) is 0 Å². The van der Waals surface area contributed by atoms with Crippen molar-refractivity contribution >= 4 is 17.9 Å². The molecule has 8 nitrogen and oxygen atoms in total. The summed E-state index contributed by atoms with van der Waals surface area (Å²) in [6, 6.07) is 2.65. The first-order valence-electron chi connectivity index (χ1n) is 7.50. The molecule has 0 aromatic carbocycles. The Morgan fingerprint density at radius 3 is 2.74 bits per heavy atom.